The second kappa shape index (κ2) is 14.0. The Balaban J connectivity index is 0.000000324. The zero-order valence-corrected chi connectivity index (χ0v) is 29.9. The smallest absolute Gasteiger partial charge is 0.148 e. The Morgan fingerprint density at radius 3 is 1.86 bits per heavy atom. The minimum atomic E-state index is -0.443. The van der Waals surface area contributed by atoms with Gasteiger partial charge in [0.25, 0.3) is 0 Å². The van der Waals surface area contributed by atoms with Crippen LogP contribution < -0.4 is 9.64 Å². The van der Waals surface area contributed by atoms with E-state index >= 15 is 0 Å². The minimum Gasteiger partial charge on any atom is -0.473 e. The number of fused-ring (bicyclic) bond motifs is 2. The van der Waals surface area contributed by atoms with Gasteiger partial charge in [-0.25, -0.2) is 0 Å². The van der Waals surface area contributed by atoms with Crippen molar-refractivity contribution in [1.29, 1.82) is 0 Å². The van der Waals surface area contributed by atoms with E-state index in [1.54, 1.807) is 6.20 Å². The van der Waals surface area contributed by atoms with Crippen molar-refractivity contribution in [1.82, 2.24) is 4.98 Å². The molecule has 0 aliphatic carbocycles. The van der Waals surface area contributed by atoms with Gasteiger partial charge in [0.2, 0.25) is 0 Å². The first-order valence-corrected chi connectivity index (χ1v) is 15.1. The number of pyridine rings is 1. The summed E-state index contributed by atoms with van der Waals surface area (Å²) in [4.78, 5) is 6.69. The van der Waals surface area contributed by atoms with Gasteiger partial charge in [-0.2, -0.15) is 0 Å². The van der Waals surface area contributed by atoms with E-state index in [2.05, 4.69) is 79.2 Å². The number of hydrogen-bond acceptors (Lipinski definition) is 5. The molecule has 0 saturated heterocycles. The number of aliphatic hydroxyl groups is 2. The van der Waals surface area contributed by atoms with E-state index in [-0.39, 0.29) is 36.4 Å². The maximum absolute atomic E-state index is 9.76. The predicted octanol–water partition coefficient (Wildman–Crippen LogP) is 9.61. The van der Waals surface area contributed by atoms with Gasteiger partial charge in [0.05, 0.1) is 23.6 Å². The fraction of sp³-hybridized carbons (Fsp3) is 0.395. The zero-order valence-electron chi connectivity index (χ0n) is 27.5. The van der Waals surface area contributed by atoms with Gasteiger partial charge in [-0.1, -0.05) is 105 Å². The number of hydrogen-bond donors (Lipinski definition) is 2. The monoisotopic (exact) mass is 772 g/mol. The Bertz CT molecular complexity index is 1480. The molecular formula is C38H47IrN2O3-. The maximum Gasteiger partial charge on any atom is 0.148 e. The second-order valence-corrected chi connectivity index (χ2v) is 14.5. The first kappa shape index (κ1) is 35.5. The first-order valence-electron chi connectivity index (χ1n) is 15.1. The molecule has 2 heterocycles. The quantitative estimate of drug-likeness (QED) is 0.178. The van der Waals surface area contributed by atoms with Crippen LogP contribution in [0.2, 0.25) is 0 Å². The number of aliphatic hydroxyl groups excluding tert-OH is 2. The third kappa shape index (κ3) is 8.57. The predicted molar refractivity (Wildman–Crippen MR) is 178 cm³/mol. The molecule has 44 heavy (non-hydrogen) atoms. The van der Waals surface area contributed by atoms with Crippen LogP contribution in [0.5, 0.6) is 11.5 Å². The first-order chi connectivity index (χ1) is 20.1. The second-order valence-electron chi connectivity index (χ2n) is 14.5. The Morgan fingerprint density at radius 1 is 0.727 bits per heavy atom. The number of anilines is 3. The van der Waals surface area contributed by atoms with Crippen molar-refractivity contribution in [3.8, 4) is 22.8 Å². The number of aromatic nitrogens is 1. The number of ether oxygens (including phenoxy) is 1. The Morgan fingerprint density at radius 2 is 1.32 bits per heavy atom. The molecule has 4 aromatic rings. The Kier molecular flexibility index (Phi) is 11.2. The van der Waals surface area contributed by atoms with Gasteiger partial charge < -0.3 is 24.8 Å². The number of benzene rings is 3. The summed E-state index contributed by atoms with van der Waals surface area (Å²) in [5, 5.41) is 19.5. The summed E-state index contributed by atoms with van der Waals surface area (Å²) in [5.41, 5.74) is 6.01. The molecule has 5 rings (SSSR count). The minimum absolute atomic E-state index is 0. The molecular weight excluding hydrogens is 725 g/mol. The van der Waals surface area contributed by atoms with Gasteiger partial charge in [-0.15, -0.1) is 17.7 Å². The largest absolute Gasteiger partial charge is 0.473 e. The SMILES string of the molecule is CC(C)(C)C(O)CC(O)C(C)(C)C.CC(C)(C)c1ccc(N2c3ccc(-c4ccccn4)[c-]c3Oc3ccccc32)cc1.[Ir]. The molecule has 0 saturated carbocycles. The summed E-state index contributed by atoms with van der Waals surface area (Å²) in [7, 11) is 0. The molecule has 1 aromatic heterocycles. The van der Waals surface area contributed by atoms with E-state index in [0.717, 1.165) is 34.1 Å². The standard InChI is InChI=1S/C27H23N2O.C11H24O2.Ir/c1-27(2,3)20-12-14-21(15-13-20)29-23-9-4-5-10-25(23)30-26-18-19(11-16-24(26)29)22-8-6-7-17-28-22;1-10(2,3)8(12)7-9(13)11(4,5)6;/h4-17H,1-3H3;8-9,12-13H,7H2,1-6H3;/q-1;;. The molecule has 237 valence electrons. The van der Waals surface area contributed by atoms with Crippen LogP contribution in [0, 0.1) is 16.9 Å². The Hall–Kier alpha value is -3.02. The molecule has 1 aliphatic heterocycles. The van der Waals surface area contributed by atoms with Crippen molar-refractivity contribution in [2.45, 2.75) is 86.4 Å². The van der Waals surface area contributed by atoms with Crippen molar-refractivity contribution in [2.75, 3.05) is 4.90 Å². The molecule has 5 nitrogen and oxygen atoms in total. The number of para-hydroxylation sites is 2. The van der Waals surface area contributed by atoms with Gasteiger partial charge in [0, 0.05) is 44.1 Å². The van der Waals surface area contributed by atoms with Crippen molar-refractivity contribution in [3.63, 3.8) is 0 Å². The zero-order chi connectivity index (χ0) is 31.6. The van der Waals surface area contributed by atoms with Gasteiger partial charge in [0.1, 0.15) is 5.75 Å². The molecule has 3 aromatic carbocycles. The molecule has 1 aliphatic rings. The van der Waals surface area contributed by atoms with Crippen molar-refractivity contribution in [3.05, 3.63) is 96.7 Å². The van der Waals surface area contributed by atoms with Crippen LogP contribution in [-0.2, 0) is 25.5 Å². The average Bonchev–Trinajstić information content (AvgIpc) is 2.95. The summed E-state index contributed by atoms with van der Waals surface area (Å²) in [6, 6.07) is 30.3. The van der Waals surface area contributed by atoms with Gasteiger partial charge in [-0.3, -0.25) is 0 Å². The van der Waals surface area contributed by atoms with Crippen molar-refractivity contribution in [2.24, 2.45) is 10.8 Å². The maximum atomic E-state index is 9.76. The summed E-state index contributed by atoms with van der Waals surface area (Å²) in [6.07, 6.45) is 1.36. The van der Waals surface area contributed by atoms with Crippen LogP contribution in [0.25, 0.3) is 11.3 Å². The number of rotatable bonds is 4. The summed E-state index contributed by atoms with van der Waals surface area (Å²) >= 11 is 0. The fourth-order valence-electron chi connectivity index (χ4n) is 4.67. The Labute approximate surface area is 277 Å². The summed E-state index contributed by atoms with van der Waals surface area (Å²) in [6.45, 7) is 18.6. The van der Waals surface area contributed by atoms with Crippen molar-refractivity contribution >= 4 is 17.1 Å². The molecule has 0 amide bonds. The van der Waals surface area contributed by atoms with Crippen LogP contribution in [0.4, 0.5) is 17.1 Å². The summed E-state index contributed by atoms with van der Waals surface area (Å²) < 4.78 is 6.24. The van der Waals surface area contributed by atoms with Crippen LogP contribution in [0.3, 0.4) is 0 Å². The van der Waals surface area contributed by atoms with Crippen LogP contribution in [-0.4, -0.2) is 27.4 Å². The average molecular weight is 772 g/mol. The van der Waals surface area contributed by atoms with Crippen molar-refractivity contribution < 1.29 is 35.1 Å². The molecule has 0 bridgehead atoms. The van der Waals surface area contributed by atoms with Crippen LogP contribution in [0.1, 0.15) is 74.3 Å². The molecule has 2 unspecified atom stereocenters. The third-order valence-corrected chi connectivity index (χ3v) is 7.83. The molecule has 2 N–H and O–H groups in total. The third-order valence-electron chi connectivity index (χ3n) is 7.83. The molecule has 0 spiro atoms. The van der Waals surface area contributed by atoms with Crippen LogP contribution >= 0.6 is 0 Å². The molecule has 2 atom stereocenters. The molecule has 1 radical (unpaired) electrons. The van der Waals surface area contributed by atoms with E-state index in [9.17, 15) is 10.2 Å². The summed E-state index contributed by atoms with van der Waals surface area (Å²) in [5.74, 6) is 1.52. The normalized spacial score (nSPS) is 14.1. The van der Waals surface area contributed by atoms with E-state index < -0.39 is 12.2 Å². The molecule has 0 fully saturated rings. The van der Waals surface area contributed by atoms with Gasteiger partial charge >= 0.3 is 0 Å². The fourth-order valence-corrected chi connectivity index (χ4v) is 4.67. The molecule has 6 heteroatoms. The van der Waals surface area contributed by atoms with Crippen LogP contribution in [0.15, 0.2) is 85.1 Å². The van der Waals surface area contributed by atoms with E-state index in [4.69, 9.17) is 4.74 Å². The van der Waals surface area contributed by atoms with E-state index in [1.807, 2.05) is 77.9 Å². The topological polar surface area (TPSA) is 65.8 Å². The van der Waals surface area contributed by atoms with E-state index in [0.29, 0.717) is 12.2 Å². The van der Waals surface area contributed by atoms with Gasteiger partial charge in [-0.05, 0) is 57.8 Å². The van der Waals surface area contributed by atoms with Gasteiger partial charge in [0.15, 0.2) is 0 Å². The van der Waals surface area contributed by atoms with E-state index in [1.165, 1.54) is 5.56 Å². The number of nitrogens with zero attached hydrogens (tertiary/aromatic N) is 2.